The molecule has 3 aromatic heterocycles. The lowest BCUT2D eigenvalue weighted by molar-refractivity contribution is 0.0377. The van der Waals surface area contributed by atoms with Gasteiger partial charge in [-0.25, -0.2) is 9.78 Å². The Morgan fingerprint density at radius 2 is 1.59 bits per heavy atom. The second-order valence-electron chi connectivity index (χ2n) is 11.2. The van der Waals surface area contributed by atoms with Gasteiger partial charge in [0.2, 0.25) is 0 Å². The number of nitrogens with zero attached hydrogens (tertiary/aromatic N) is 3. The van der Waals surface area contributed by atoms with Crippen LogP contribution < -0.4 is 5.32 Å². The topological polar surface area (TPSA) is 68.5 Å². The van der Waals surface area contributed by atoms with Crippen molar-refractivity contribution in [1.82, 2.24) is 19.7 Å². The van der Waals surface area contributed by atoms with Crippen LogP contribution in [0.5, 0.6) is 0 Å². The number of carbonyl (C=O) groups excluding carboxylic acids is 1. The smallest absolute Gasteiger partial charge is 0.408 e. The van der Waals surface area contributed by atoms with Crippen molar-refractivity contribution >= 4 is 11.7 Å². The van der Waals surface area contributed by atoms with Crippen LogP contribution in [0.2, 0.25) is 0 Å². The molecular formula is C33H32N4O2. The molecule has 0 unspecified atom stereocenters. The van der Waals surface area contributed by atoms with Gasteiger partial charge in [0, 0.05) is 40.8 Å². The van der Waals surface area contributed by atoms with E-state index in [0.29, 0.717) is 0 Å². The third-order valence-corrected chi connectivity index (χ3v) is 7.32. The third kappa shape index (κ3) is 4.90. The molecule has 0 bridgehead atoms. The van der Waals surface area contributed by atoms with Crippen molar-refractivity contribution in [3.63, 3.8) is 0 Å². The highest BCUT2D eigenvalue weighted by Crippen LogP contribution is 2.42. The lowest BCUT2D eigenvalue weighted by atomic mass is 9.71. The van der Waals surface area contributed by atoms with Crippen LogP contribution in [0.4, 0.5) is 4.79 Å². The molecule has 0 aliphatic heterocycles. The van der Waals surface area contributed by atoms with Crippen molar-refractivity contribution in [3.8, 4) is 33.6 Å². The zero-order chi connectivity index (χ0) is 27.0. The Labute approximate surface area is 228 Å². The van der Waals surface area contributed by atoms with Crippen LogP contribution in [-0.2, 0) is 10.3 Å². The summed E-state index contributed by atoms with van der Waals surface area (Å²) in [5, 5.41) is 3.16. The van der Waals surface area contributed by atoms with E-state index in [0.717, 1.165) is 64.1 Å². The van der Waals surface area contributed by atoms with Crippen LogP contribution in [0.15, 0.2) is 97.5 Å². The number of fused-ring (bicyclic) bond motifs is 1. The summed E-state index contributed by atoms with van der Waals surface area (Å²) in [6.45, 7) is 5.65. The normalized spacial score (nSPS) is 14.5. The molecule has 1 aliphatic carbocycles. The number of ether oxygens (including phenoxy) is 1. The number of pyridine rings is 2. The number of alkyl carbamates (subject to hydrolysis) is 1. The Morgan fingerprint density at radius 1 is 0.872 bits per heavy atom. The molecule has 6 rings (SSSR count). The van der Waals surface area contributed by atoms with Crippen LogP contribution in [-0.4, -0.2) is 26.1 Å². The van der Waals surface area contributed by atoms with Crippen LogP contribution >= 0.6 is 0 Å². The number of amides is 1. The van der Waals surface area contributed by atoms with E-state index in [1.807, 2.05) is 39.1 Å². The monoisotopic (exact) mass is 516 g/mol. The van der Waals surface area contributed by atoms with Gasteiger partial charge in [-0.05, 0) is 63.8 Å². The maximum Gasteiger partial charge on any atom is 0.408 e. The van der Waals surface area contributed by atoms with Crippen molar-refractivity contribution in [1.29, 1.82) is 0 Å². The summed E-state index contributed by atoms with van der Waals surface area (Å²) in [5.41, 5.74) is 7.25. The summed E-state index contributed by atoms with van der Waals surface area (Å²) in [7, 11) is 0. The van der Waals surface area contributed by atoms with E-state index in [4.69, 9.17) is 9.72 Å². The van der Waals surface area contributed by atoms with Gasteiger partial charge >= 0.3 is 6.09 Å². The molecule has 1 aliphatic rings. The Balaban J connectivity index is 1.40. The minimum Gasteiger partial charge on any atom is -0.444 e. The first-order valence-corrected chi connectivity index (χ1v) is 13.4. The first-order chi connectivity index (χ1) is 18.8. The first kappa shape index (κ1) is 24.9. The van der Waals surface area contributed by atoms with Crippen LogP contribution in [0, 0.1) is 0 Å². The fraction of sp³-hybridized carbons (Fsp3) is 0.242. The first-order valence-electron chi connectivity index (χ1n) is 13.4. The molecule has 0 saturated heterocycles. The van der Waals surface area contributed by atoms with E-state index < -0.39 is 5.60 Å². The van der Waals surface area contributed by atoms with Crippen LogP contribution in [0.25, 0.3) is 39.3 Å². The molecule has 5 aromatic rings. The molecule has 1 N–H and O–H groups in total. The molecule has 196 valence electrons. The van der Waals surface area contributed by atoms with Crippen molar-refractivity contribution in [3.05, 3.63) is 103 Å². The fourth-order valence-electron chi connectivity index (χ4n) is 5.28. The molecule has 6 heteroatoms. The number of hydrogen-bond donors (Lipinski definition) is 1. The lowest BCUT2D eigenvalue weighted by Gasteiger charge is -2.43. The van der Waals surface area contributed by atoms with E-state index >= 15 is 0 Å². The highest BCUT2D eigenvalue weighted by Gasteiger charge is 2.41. The summed E-state index contributed by atoms with van der Waals surface area (Å²) < 4.78 is 7.72. The van der Waals surface area contributed by atoms with Crippen molar-refractivity contribution in [2.24, 2.45) is 0 Å². The maximum atomic E-state index is 12.6. The maximum absolute atomic E-state index is 12.6. The number of benzene rings is 2. The lowest BCUT2D eigenvalue weighted by Crippen LogP contribution is -2.52. The minimum atomic E-state index is -0.535. The molecular weight excluding hydrogens is 484 g/mol. The Hall–Kier alpha value is -4.45. The summed E-state index contributed by atoms with van der Waals surface area (Å²) in [6.07, 6.45) is 8.28. The second-order valence-corrected chi connectivity index (χ2v) is 11.2. The summed E-state index contributed by atoms with van der Waals surface area (Å²) in [6, 6.07) is 27.0. The van der Waals surface area contributed by atoms with E-state index in [1.165, 1.54) is 0 Å². The summed E-state index contributed by atoms with van der Waals surface area (Å²) in [4.78, 5) is 22.0. The van der Waals surface area contributed by atoms with Crippen molar-refractivity contribution in [2.75, 3.05) is 0 Å². The van der Waals surface area contributed by atoms with Gasteiger partial charge in [-0.1, -0.05) is 60.7 Å². The van der Waals surface area contributed by atoms with Gasteiger partial charge in [-0.15, -0.1) is 0 Å². The van der Waals surface area contributed by atoms with Crippen molar-refractivity contribution in [2.45, 2.75) is 51.2 Å². The number of carbonyl (C=O) groups is 1. The van der Waals surface area contributed by atoms with E-state index in [2.05, 4.69) is 87.6 Å². The van der Waals surface area contributed by atoms with Crippen LogP contribution in [0.1, 0.15) is 45.6 Å². The van der Waals surface area contributed by atoms with Crippen molar-refractivity contribution < 1.29 is 9.53 Å². The van der Waals surface area contributed by atoms with Gasteiger partial charge in [0.15, 0.2) is 0 Å². The molecule has 3 heterocycles. The third-order valence-electron chi connectivity index (χ3n) is 7.32. The molecule has 0 spiro atoms. The molecule has 0 radical (unpaired) electrons. The van der Waals surface area contributed by atoms with E-state index in [1.54, 1.807) is 6.20 Å². The average Bonchev–Trinajstić information content (AvgIpc) is 3.30. The van der Waals surface area contributed by atoms with E-state index in [9.17, 15) is 4.79 Å². The average molecular weight is 517 g/mol. The number of aromatic nitrogens is 3. The molecule has 39 heavy (non-hydrogen) atoms. The predicted octanol–water partition coefficient (Wildman–Crippen LogP) is 7.63. The number of nitrogens with one attached hydrogen (secondary N) is 1. The molecule has 6 nitrogen and oxygen atoms in total. The minimum absolute atomic E-state index is 0.373. The van der Waals surface area contributed by atoms with Gasteiger partial charge in [0.1, 0.15) is 11.2 Å². The van der Waals surface area contributed by atoms with Crippen LogP contribution in [0.3, 0.4) is 0 Å². The Morgan fingerprint density at radius 3 is 2.23 bits per heavy atom. The second kappa shape index (κ2) is 9.70. The quantitative estimate of drug-likeness (QED) is 0.261. The fourth-order valence-corrected chi connectivity index (χ4v) is 5.28. The zero-order valence-corrected chi connectivity index (χ0v) is 22.5. The Bertz CT molecular complexity index is 1610. The highest BCUT2D eigenvalue weighted by molar-refractivity contribution is 5.83. The largest absolute Gasteiger partial charge is 0.444 e. The molecule has 1 amide bonds. The molecule has 1 fully saturated rings. The van der Waals surface area contributed by atoms with E-state index in [-0.39, 0.29) is 11.6 Å². The number of imidazole rings is 1. The van der Waals surface area contributed by atoms with Gasteiger partial charge in [0.25, 0.3) is 0 Å². The standard InChI is InChI=1S/C33H32N4O2/c1-32(2,3)39-31(38)36-33(18-8-19-33)27-15-12-23(13-16-27)29-30(24-9-5-4-6-10-24)37-22-26(14-17-28(37)35-29)25-11-7-20-34-21-25/h4-7,9-17,20-22H,8,18-19H2,1-3H3,(H,36,38). The van der Waals surface area contributed by atoms with Gasteiger partial charge in [-0.3, -0.25) is 9.38 Å². The number of rotatable bonds is 5. The summed E-state index contributed by atoms with van der Waals surface area (Å²) >= 11 is 0. The predicted molar refractivity (Wildman–Crippen MR) is 154 cm³/mol. The van der Waals surface area contributed by atoms with Gasteiger partial charge in [0.05, 0.1) is 16.9 Å². The highest BCUT2D eigenvalue weighted by atomic mass is 16.6. The number of hydrogen-bond acceptors (Lipinski definition) is 4. The van der Waals surface area contributed by atoms with Gasteiger partial charge < -0.3 is 10.1 Å². The summed E-state index contributed by atoms with van der Waals surface area (Å²) in [5.74, 6) is 0. The zero-order valence-electron chi connectivity index (χ0n) is 22.5. The molecule has 2 aromatic carbocycles. The van der Waals surface area contributed by atoms with Gasteiger partial charge in [-0.2, -0.15) is 0 Å². The molecule has 1 saturated carbocycles. The SMILES string of the molecule is CC(C)(C)OC(=O)NC1(c2ccc(-c3nc4ccc(-c5cccnc5)cn4c3-c3ccccc3)cc2)CCC1. The molecule has 0 atom stereocenters. The Kier molecular flexibility index (Phi) is 6.18.